The number of hydrogen-bond donors (Lipinski definition) is 1. The molecular weight excluding hydrogens is 524 g/mol. The van der Waals surface area contributed by atoms with Crippen molar-refractivity contribution in [1.29, 1.82) is 0 Å². The molecule has 0 aliphatic rings. The van der Waals surface area contributed by atoms with Crippen molar-refractivity contribution in [2.45, 2.75) is 76.2 Å². The van der Waals surface area contributed by atoms with Gasteiger partial charge < -0.3 is 9.22 Å². The van der Waals surface area contributed by atoms with Crippen LogP contribution in [0.3, 0.4) is 0 Å². The number of rotatable bonds is 11. The topological polar surface area (TPSA) is 29.5 Å². The van der Waals surface area contributed by atoms with Gasteiger partial charge in [0.05, 0.1) is 0 Å². The van der Waals surface area contributed by atoms with Gasteiger partial charge in [0, 0.05) is 12.5 Å². The summed E-state index contributed by atoms with van der Waals surface area (Å²) in [5.74, 6) is 0.359. The lowest BCUT2D eigenvalue weighted by Crippen LogP contribution is -2.42. The fraction of sp³-hybridized carbons (Fsp3) is 0.419. The van der Waals surface area contributed by atoms with Crippen molar-refractivity contribution >= 4 is 35.1 Å². The van der Waals surface area contributed by atoms with E-state index in [1.54, 1.807) is 0 Å². The van der Waals surface area contributed by atoms with E-state index in [0.717, 1.165) is 18.9 Å². The first-order valence-electron chi connectivity index (χ1n) is 13.5. The van der Waals surface area contributed by atoms with Crippen LogP contribution >= 0.6 is 11.1 Å². The first-order chi connectivity index (χ1) is 17.3. The van der Waals surface area contributed by atoms with Gasteiger partial charge >= 0.3 is 0 Å². The fourth-order valence-electron chi connectivity index (χ4n) is 4.95. The lowest BCUT2D eigenvalue weighted by molar-refractivity contribution is 0.292. The average Bonchev–Trinajstić information content (AvgIpc) is 2.83. The first-order valence-corrected chi connectivity index (χ1v) is 24.1. The SMILES string of the molecule is C[Si](C)(C)O[Si](C)(C)CCCO.C[Si](C)(Cl)C(CC(c1ccccc1)c1ccccc1)c1ccccc1. The molecule has 0 radical (unpaired) electrons. The van der Waals surface area contributed by atoms with Crippen LogP contribution in [-0.4, -0.2) is 35.7 Å². The Balaban J connectivity index is 0.000000341. The van der Waals surface area contributed by atoms with E-state index in [0.29, 0.717) is 18.1 Å². The maximum atomic E-state index is 8.71. The van der Waals surface area contributed by atoms with Crippen molar-refractivity contribution in [1.82, 2.24) is 0 Å². The van der Waals surface area contributed by atoms with Crippen LogP contribution in [0, 0.1) is 0 Å². The predicted molar refractivity (Wildman–Crippen MR) is 170 cm³/mol. The lowest BCUT2D eigenvalue weighted by atomic mass is 9.86. The molecule has 0 aliphatic heterocycles. The number of hydrogen-bond acceptors (Lipinski definition) is 2. The predicted octanol–water partition coefficient (Wildman–Crippen LogP) is 9.40. The van der Waals surface area contributed by atoms with Crippen LogP contribution in [0.2, 0.25) is 51.9 Å². The number of benzene rings is 3. The summed E-state index contributed by atoms with van der Waals surface area (Å²) in [7, 11) is -4.70. The zero-order valence-electron chi connectivity index (χ0n) is 23.9. The molecule has 202 valence electrons. The Hall–Kier alpha value is -1.48. The van der Waals surface area contributed by atoms with Crippen molar-refractivity contribution in [2.24, 2.45) is 0 Å². The summed E-state index contributed by atoms with van der Waals surface area (Å²) in [6.07, 6.45) is 1.93. The van der Waals surface area contributed by atoms with Crippen molar-refractivity contribution in [3.63, 3.8) is 0 Å². The molecule has 0 saturated carbocycles. The Kier molecular flexibility index (Phi) is 12.5. The van der Waals surface area contributed by atoms with Gasteiger partial charge in [-0.15, -0.1) is 0 Å². The molecule has 0 heterocycles. The number of halogens is 1. The number of aliphatic hydroxyl groups excluding tert-OH is 1. The minimum Gasteiger partial charge on any atom is -0.456 e. The van der Waals surface area contributed by atoms with E-state index in [-0.39, 0.29) is 0 Å². The van der Waals surface area contributed by atoms with Crippen molar-refractivity contribution < 1.29 is 9.22 Å². The molecule has 3 rings (SSSR count). The average molecular weight is 571 g/mol. The molecule has 0 bridgehead atoms. The van der Waals surface area contributed by atoms with E-state index in [1.807, 2.05) is 0 Å². The third-order valence-corrected chi connectivity index (χ3v) is 15.7. The van der Waals surface area contributed by atoms with E-state index in [2.05, 4.69) is 137 Å². The Bertz CT molecular complexity index is 978. The van der Waals surface area contributed by atoms with Crippen LogP contribution in [0.1, 0.15) is 41.0 Å². The molecule has 37 heavy (non-hydrogen) atoms. The van der Waals surface area contributed by atoms with Crippen molar-refractivity contribution in [2.75, 3.05) is 6.61 Å². The van der Waals surface area contributed by atoms with Gasteiger partial charge in [-0.05, 0) is 73.9 Å². The highest BCUT2D eigenvalue weighted by Crippen LogP contribution is 2.41. The third kappa shape index (κ3) is 11.8. The second-order valence-electron chi connectivity index (χ2n) is 11.9. The van der Waals surface area contributed by atoms with Crippen molar-refractivity contribution in [3.8, 4) is 0 Å². The lowest BCUT2D eigenvalue weighted by Gasteiger charge is -2.31. The molecule has 0 amide bonds. The van der Waals surface area contributed by atoms with Gasteiger partial charge in [-0.1, -0.05) is 104 Å². The van der Waals surface area contributed by atoms with Crippen LogP contribution in [0.25, 0.3) is 0 Å². The summed E-state index contributed by atoms with van der Waals surface area (Å²) >= 11 is 6.99. The summed E-state index contributed by atoms with van der Waals surface area (Å²) in [5.41, 5.74) is 4.50. The number of aliphatic hydroxyl groups is 1. The van der Waals surface area contributed by atoms with E-state index >= 15 is 0 Å². The zero-order valence-corrected chi connectivity index (χ0v) is 27.6. The van der Waals surface area contributed by atoms with Crippen LogP contribution in [-0.2, 0) is 4.12 Å². The fourth-order valence-corrected chi connectivity index (χ4v) is 15.4. The molecule has 0 aliphatic carbocycles. The second kappa shape index (κ2) is 14.6. The molecular formula is C31H47ClO2Si3. The van der Waals surface area contributed by atoms with Gasteiger partial charge in [0.1, 0.15) is 0 Å². The van der Waals surface area contributed by atoms with Crippen LogP contribution in [0.4, 0.5) is 0 Å². The van der Waals surface area contributed by atoms with Gasteiger partial charge in [-0.3, -0.25) is 0 Å². The summed E-state index contributed by atoms with van der Waals surface area (Å²) in [6, 6.07) is 33.5. The molecule has 0 fully saturated rings. The van der Waals surface area contributed by atoms with Crippen LogP contribution in [0.5, 0.6) is 0 Å². The Morgan fingerprint density at radius 3 is 1.43 bits per heavy atom. The van der Waals surface area contributed by atoms with E-state index in [4.69, 9.17) is 20.3 Å². The maximum absolute atomic E-state index is 8.71. The maximum Gasteiger partial charge on any atom is 0.173 e. The summed E-state index contributed by atoms with van der Waals surface area (Å²) in [6.45, 7) is 16.0. The second-order valence-corrected chi connectivity index (χ2v) is 27.7. The molecule has 2 nitrogen and oxygen atoms in total. The highest BCUT2D eigenvalue weighted by molar-refractivity contribution is 7.19. The molecule has 0 spiro atoms. The molecule has 3 aromatic carbocycles. The highest BCUT2D eigenvalue weighted by atomic mass is 35.6. The van der Waals surface area contributed by atoms with Gasteiger partial charge in [0.25, 0.3) is 0 Å². The van der Waals surface area contributed by atoms with E-state index in [9.17, 15) is 0 Å². The normalized spacial score (nSPS) is 13.1. The standard InChI is InChI=1S/C23H25ClSi.C8H22O2Si2/c1-25(2,24)23(21-16-10-5-11-17-21)18-22(19-12-6-3-7-13-19)20-14-8-4-9-15-20;1-11(2,3)10-12(4,5)8-6-7-9/h3-17,22-23H,18H2,1-2H3;9H,6-8H2,1-5H3. The molecule has 6 heteroatoms. The molecule has 0 saturated heterocycles. The third-order valence-electron chi connectivity index (χ3n) is 6.43. The summed E-state index contributed by atoms with van der Waals surface area (Å²) in [5, 5.41) is 8.71. The first kappa shape index (κ1) is 31.7. The van der Waals surface area contributed by atoms with Gasteiger partial charge in [0.15, 0.2) is 24.0 Å². The smallest absolute Gasteiger partial charge is 0.173 e. The van der Waals surface area contributed by atoms with Gasteiger partial charge in [0.2, 0.25) is 0 Å². The Morgan fingerprint density at radius 2 is 1.08 bits per heavy atom. The summed E-state index contributed by atoms with van der Waals surface area (Å²) in [4.78, 5) is 0. The summed E-state index contributed by atoms with van der Waals surface area (Å²) < 4.78 is 6.09. The Morgan fingerprint density at radius 1 is 0.676 bits per heavy atom. The van der Waals surface area contributed by atoms with Gasteiger partial charge in [-0.25, -0.2) is 0 Å². The van der Waals surface area contributed by atoms with E-state index in [1.165, 1.54) is 16.7 Å². The molecule has 1 atom stereocenters. The minimum absolute atomic E-state index is 0.297. The molecule has 1 unspecified atom stereocenters. The van der Waals surface area contributed by atoms with Gasteiger partial charge in [-0.2, -0.15) is 11.1 Å². The highest BCUT2D eigenvalue weighted by Gasteiger charge is 2.34. The largest absolute Gasteiger partial charge is 0.456 e. The molecule has 1 N–H and O–H groups in total. The monoisotopic (exact) mass is 570 g/mol. The van der Waals surface area contributed by atoms with Crippen LogP contribution < -0.4 is 0 Å². The Labute approximate surface area is 234 Å². The molecule has 3 aromatic rings. The van der Waals surface area contributed by atoms with E-state index < -0.39 is 24.0 Å². The van der Waals surface area contributed by atoms with Crippen LogP contribution in [0.15, 0.2) is 91.0 Å². The quantitative estimate of drug-likeness (QED) is 0.184. The van der Waals surface area contributed by atoms with Crippen molar-refractivity contribution in [3.05, 3.63) is 108 Å². The zero-order chi connectivity index (χ0) is 27.5. The molecule has 0 aromatic heterocycles. The minimum atomic E-state index is -1.88.